The summed E-state index contributed by atoms with van der Waals surface area (Å²) < 4.78 is 30.2. The number of nitrogen functional groups attached to an aromatic ring is 1. The second-order valence-corrected chi connectivity index (χ2v) is 6.30. The molecule has 0 saturated heterocycles. The minimum atomic E-state index is -0.903. The van der Waals surface area contributed by atoms with Crippen LogP contribution in [-0.2, 0) is 10.8 Å². The van der Waals surface area contributed by atoms with E-state index >= 15 is 0 Å². The van der Waals surface area contributed by atoms with Gasteiger partial charge in [-0.05, 0) is 20.8 Å². The first-order chi connectivity index (χ1) is 8.79. The Morgan fingerprint density at radius 2 is 2.05 bits per heavy atom. The zero-order valence-electron chi connectivity index (χ0n) is 11.7. The topological polar surface area (TPSA) is 64.3 Å². The molecule has 1 aromatic carbocycles. The summed E-state index contributed by atoms with van der Waals surface area (Å²) in [6, 6.07) is 2.75. The zero-order valence-corrected chi connectivity index (χ0v) is 12.5. The van der Waals surface area contributed by atoms with E-state index in [0.29, 0.717) is 17.1 Å². The zero-order chi connectivity index (χ0) is 14.6. The van der Waals surface area contributed by atoms with E-state index in [4.69, 9.17) is 10.5 Å². The molecule has 0 bridgehead atoms. The van der Waals surface area contributed by atoms with Gasteiger partial charge in [0.25, 0.3) is 0 Å². The van der Waals surface area contributed by atoms with Crippen molar-refractivity contribution in [2.24, 2.45) is 0 Å². The third-order valence-electron chi connectivity index (χ3n) is 2.35. The molecule has 2 atom stereocenters. The van der Waals surface area contributed by atoms with E-state index in [1.54, 1.807) is 12.3 Å². The lowest BCUT2D eigenvalue weighted by molar-refractivity contribution is 0.231. The Morgan fingerprint density at radius 3 is 2.58 bits per heavy atom. The Labute approximate surface area is 116 Å². The van der Waals surface area contributed by atoms with Crippen molar-refractivity contribution in [2.45, 2.75) is 32.9 Å². The first-order valence-corrected chi connectivity index (χ1v) is 7.84. The van der Waals surface area contributed by atoms with Gasteiger partial charge in [0, 0.05) is 41.0 Å². The minimum absolute atomic E-state index is 0.0227. The SMILES string of the molecule is CC(CS(C)=O)Nc1cc(OC(C)C)c(F)cc1N. The highest BCUT2D eigenvalue weighted by atomic mass is 32.2. The molecule has 0 amide bonds. The second kappa shape index (κ2) is 6.75. The Kier molecular flexibility index (Phi) is 5.60. The van der Waals surface area contributed by atoms with Gasteiger partial charge in [0.2, 0.25) is 0 Å². The fourth-order valence-corrected chi connectivity index (χ4v) is 2.48. The van der Waals surface area contributed by atoms with E-state index in [9.17, 15) is 8.60 Å². The molecule has 0 spiro atoms. The van der Waals surface area contributed by atoms with E-state index in [-0.39, 0.29) is 17.9 Å². The maximum Gasteiger partial charge on any atom is 0.167 e. The van der Waals surface area contributed by atoms with Crippen molar-refractivity contribution in [2.75, 3.05) is 23.1 Å². The molecular weight excluding hydrogens is 267 g/mol. The van der Waals surface area contributed by atoms with Crippen molar-refractivity contribution in [3.8, 4) is 5.75 Å². The Hall–Kier alpha value is -1.30. The van der Waals surface area contributed by atoms with Crippen LogP contribution in [0.25, 0.3) is 0 Å². The highest BCUT2D eigenvalue weighted by Gasteiger charge is 2.12. The van der Waals surface area contributed by atoms with Crippen molar-refractivity contribution in [3.05, 3.63) is 17.9 Å². The van der Waals surface area contributed by atoms with Crippen LogP contribution >= 0.6 is 0 Å². The fraction of sp³-hybridized carbons (Fsp3) is 0.538. The molecule has 19 heavy (non-hydrogen) atoms. The molecule has 1 aromatic rings. The lowest BCUT2D eigenvalue weighted by Gasteiger charge is -2.18. The van der Waals surface area contributed by atoms with Gasteiger partial charge in [-0.15, -0.1) is 0 Å². The molecule has 6 heteroatoms. The molecule has 1 rings (SSSR count). The number of nitrogens with one attached hydrogen (secondary N) is 1. The molecule has 0 aliphatic carbocycles. The van der Waals surface area contributed by atoms with E-state index in [1.165, 1.54) is 6.07 Å². The molecule has 0 aromatic heterocycles. The van der Waals surface area contributed by atoms with Gasteiger partial charge in [-0.2, -0.15) is 0 Å². The van der Waals surface area contributed by atoms with Gasteiger partial charge in [0.1, 0.15) is 0 Å². The summed E-state index contributed by atoms with van der Waals surface area (Å²) in [5.41, 5.74) is 6.67. The number of halogens is 1. The Balaban J connectivity index is 2.91. The molecule has 0 saturated carbocycles. The Morgan fingerprint density at radius 1 is 1.42 bits per heavy atom. The standard InChI is InChI=1S/C13H21FN2O2S/c1-8(2)18-13-6-12(11(15)5-10(13)14)16-9(3)7-19(4)17/h5-6,8-9,16H,7,15H2,1-4H3. The largest absolute Gasteiger partial charge is 0.488 e. The van der Waals surface area contributed by atoms with Crippen molar-refractivity contribution in [1.82, 2.24) is 0 Å². The number of nitrogens with two attached hydrogens (primary N) is 1. The van der Waals surface area contributed by atoms with E-state index in [1.807, 2.05) is 20.8 Å². The van der Waals surface area contributed by atoms with Gasteiger partial charge < -0.3 is 15.8 Å². The third kappa shape index (κ3) is 5.06. The van der Waals surface area contributed by atoms with Crippen molar-refractivity contribution < 1.29 is 13.3 Å². The monoisotopic (exact) mass is 288 g/mol. The van der Waals surface area contributed by atoms with Gasteiger partial charge in [0.15, 0.2) is 11.6 Å². The maximum absolute atomic E-state index is 13.7. The van der Waals surface area contributed by atoms with E-state index in [2.05, 4.69) is 5.32 Å². The van der Waals surface area contributed by atoms with Crippen LogP contribution in [0.1, 0.15) is 20.8 Å². The van der Waals surface area contributed by atoms with E-state index in [0.717, 1.165) is 0 Å². The molecule has 0 aliphatic rings. The lowest BCUT2D eigenvalue weighted by atomic mass is 10.2. The molecule has 0 aliphatic heterocycles. The maximum atomic E-state index is 13.7. The molecule has 4 nitrogen and oxygen atoms in total. The second-order valence-electron chi connectivity index (χ2n) is 4.82. The van der Waals surface area contributed by atoms with Crippen molar-refractivity contribution in [3.63, 3.8) is 0 Å². The molecular formula is C13H21FN2O2S. The first kappa shape index (κ1) is 15.8. The third-order valence-corrected chi connectivity index (χ3v) is 3.32. The normalized spacial score (nSPS) is 14.2. The fourth-order valence-electron chi connectivity index (χ4n) is 1.70. The van der Waals surface area contributed by atoms with Crippen LogP contribution in [0.2, 0.25) is 0 Å². The molecule has 108 valence electrons. The van der Waals surface area contributed by atoms with Crippen LogP contribution < -0.4 is 15.8 Å². The van der Waals surface area contributed by atoms with Gasteiger partial charge in [-0.25, -0.2) is 4.39 Å². The Bertz CT molecular complexity index is 466. The predicted octanol–water partition coefficient (Wildman–Crippen LogP) is 2.37. The van der Waals surface area contributed by atoms with Crippen LogP contribution in [0.15, 0.2) is 12.1 Å². The molecule has 3 N–H and O–H groups in total. The summed E-state index contributed by atoms with van der Waals surface area (Å²) in [7, 11) is -0.903. The van der Waals surface area contributed by atoms with Crippen molar-refractivity contribution in [1.29, 1.82) is 0 Å². The van der Waals surface area contributed by atoms with Gasteiger partial charge in [-0.3, -0.25) is 4.21 Å². The van der Waals surface area contributed by atoms with Gasteiger partial charge in [-0.1, -0.05) is 0 Å². The number of benzene rings is 1. The number of hydrogen-bond donors (Lipinski definition) is 2. The summed E-state index contributed by atoms with van der Waals surface area (Å²) >= 11 is 0. The summed E-state index contributed by atoms with van der Waals surface area (Å²) in [5, 5.41) is 3.12. The number of anilines is 2. The average molecular weight is 288 g/mol. The van der Waals surface area contributed by atoms with Crippen LogP contribution in [0, 0.1) is 5.82 Å². The number of ether oxygens (including phenoxy) is 1. The molecule has 2 unspecified atom stereocenters. The van der Waals surface area contributed by atoms with Gasteiger partial charge in [0.05, 0.1) is 17.5 Å². The number of hydrogen-bond acceptors (Lipinski definition) is 4. The lowest BCUT2D eigenvalue weighted by Crippen LogP contribution is -2.23. The summed E-state index contributed by atoms with van der Waals surface area (Å²) in [5.74, 6) is 0.178. The summed E-state index contributed by atoms with van der Waals surface area (Å²) in [6.45, 7) is 5.55. The predicted molar refractivity (Wildman–Crippen MR) is 78.6 cm³/mol. The van der Waals surface area contributed by atoms with Crippen LogP contribution in [-0.4, -0.2) is 28.4 Å². The van der Waals surface area contributed by atoms with Crippen LogP contribution in [0.3, 0.4) is 0 Å². The quantitative estimate of drug-likeness (QED) is 0.789. The van der Waals surface area contributed by atoms with Crippen LogP contribution in [0.4, 0.5) is 15.8 Å². The summed E-state index contributed by atoms with van der Waals surface area (Å²) in [6.07, 6.45) is 1.52. The molecule has 0 fully saturated rings. The smallest absolute Gasteiger partial charge is 0.167 e. The van der Waals surface area contributed by atoms with Gasteiger partial charge >= 0.3 is 0 Å². The van der Waals surface area contributed by atoms with Crippen LogP contribution in [0.5, 0.6) is 5.75 Å². The molecule has 0 radical (unpaired) electrons. The minimum Gasteiger partial charge on any atom is -0.488 e. The van der Waals surface area contributed by atoms with E-state index < -0.39 is 16.6 Å². The summed E-state index contributed by atoms with van der Waals surface area (Å²) in [4.78, 5) is 0. The number of rotatable bonds is 6. The first-order valence-electron chi connectivity index (χ1n) is 6.11. The molecule has 0 heterocycles. The highest BCUT2D eigenvalue weighted by Crippen LogP contribution is 2.29. The highest BCUT2D eigenvalue weighted by molar-refractivity contribution is 7.84. The van der Waals surface area contributed by atoms with Crippen molar-refractivity contribution >= 4 is 22.2 Å². The average Bonchev–Trinajstić information content (AvgIpc) is 2.23.